The zero-order valence-electron chi connectivity index (χ0n) is 20.3. The molecule has 5 nitrogen and oxygen atoms in total. The van der Waals surface area contributed by atoms with Crippen LogP contribution in [0.4, 0.5) is 18.3 Å². The minimum Gasteiger partial charge on any atom is -0.488 e. The number of halogens is 3. The number of hydrogen-bond acceptors (Lipinski definition) is 5. The standard InChI is InChI=1S/C29H25F3N2O3S/c30-29(31,32)23-11-9-21(10-12-23)20-7-5-19(6-8-20)17-37-26-4-2-1-3-24(26)25-18-38-28(33-25)34-15-13-22(14-16-34)27(35)36/h1-12,18,22H,13-17H2,(H,35,36). The lowest BCUT2D eigenvalue weighted by Crippen LogP contribution is -2.36. The Hall–Kier alpha value is -3.85. The van der Waals surface area contributed by atoms with Gasteiger partial charge in [0.15, 0.2) is 5.13 Å². The van der Waals surface area contributed by atoms with Crippen LogP contribution in [0, 0.1) is 5.92 Å². The summed E-state index contributed by atoms with van der Waals surface area (Å²) in [7, 11) is 0. The van der Waals surface area contributed by atoms with E-state index in [1.807, 2.05) is 53.9 Å². The number of ether oxygens (including phenoxy) is 1. The molecular weight excluding hydrogens is 513 g/mol. The van der Waals surface area contributed by atoms with Crippen LogP contribution in [0.3, 0.4) is 0 Å². The van der Waals surface area contributed by atoms with Gasteiger partial charge in [-0.05, 0) is 53.8 Å². The van der Waals surface area contributed by atoms with Crippen molar-refractivity contribution in [3.05, 3.63) is 89.3 Å². The number of thiazole rings is 1. The molecule has 1 N–H and O–H groups in total. The Balaban J connectivity index is 1.24. The van der Waals surface area contributed by atoms with Gasteiger partial charge in [0.25, 0.3) is 0 Å². The minimum absolute atomic E-state index is 0.288. The van der Waals surface area contributed by atoms with Crippen LogP contribution in [-0.2, 0) is 17.6 Å². The number of carboxylic acid groups (broad SMARTS) is 1. The summed E-state index contributed by atoms with van der Waals surface area (Å²) in [4.78, 5) is 18.2. The second kappa shape index (κ2) is 10.9. The Bertz CT molecular complexity index is 1390. The lowest BCUT2D eigenvalue weighted by molar-refractivity contribution is -0.142. The first-order chi connectivity index (χ1) is 18.3. The van der Waals surface area contributed by atoms with Crippen molar-refractivity contribution in [1.82, 2.24) is 4.98 Å². The van der Waals surface area contributed by atoms with Crippen molar-refractivity contribution in [2.45, 2.75) is 25.6 Å². The average molecular weight is 539 g/mol. The zero-order valence-corrected chi connectivity index (χ0v) is 21.1. The summed E-state index contributed by atoms with van der Waals surface area (Å²) in [5, 5.41) is 12.1. The van der Waals surface area contributed by atoms with Crippen molar-refractivity contribution in [2.24, 2.45) is 5.92 Å². The van der Waals surface area contributed by atoms with Crippen LogP contribution in [0.5, 0.6) is 5.75 Å². The molecule has 0 unspecified atom stereocenters. The molecular formula is C29H25F3N2O3S. The molecule has 0 amide bonds. The van der Waals surface area contributed by atoms with Crippen LogP contribution in [0.1, 0.15) is 24.0 Å². The molecule has 1 fully saturated rings. The van der Waals surface area contributed by atoms with Gasteiger partial charge in [0, 0.05) is 24.0 Å². The third-order valence-electron chi connectivity index (χ3n) is 6.66. The number of anilines is 1. The molecule has 0 spiro atoms. The summed E-state index contributed by atoms with van der Waals surface area (Å²) in [5.41, 5.74) is 3.47. The molecule has 3 aromatic carbocycles. The Labute approximate surface area is 222 Å². The first-order valence-corrected chi connectivity index (χ1v) is 13.1. The lowest BCUT2D eigenvalue weighted by atomic mass is 9.97. The predicted molar refractivity (Wildman–Crippen MR) is 141 cm³/mol. The maximum Gasteiger partial charge on any atom is 0.416 e. The number of carbonyl (C=O) groups is 1. The molecule has 0 aliphatic carbocycles. The van der Waals surface area contributed by atoms with E-state index in [0.29, 0.717) is 43.9 Å². The number of rotatable bonds is 7. The molecule has 1 aromatic heterocycles. The van der Waals surface area contributed by atoms with Crippen molar-refractivity contribution < 1.29 is 27.8 Å². The predicted octanol–water partition coefficient (Wildman–Crippen LogP) is 7.38. The van der Waals surface area contributed by atoms with Gasteiger partial charge in [-0.2, -0.15) is 13.2 Å². The van der Waals surface area contributed by atoms with Gasteiger partial charge in [-0.25, -0.2) is 4.98 Å². The first-order valence-electron chi connectivity index (χ1n) is 12.2. The molecule has 38 heavy (non-hydrogen) atoms. The Morgan fingerprint density at radius 2 is 1.61 bits per heavy atom. The molecule has 1 aliphatic heterocycles. The van der Waals surface area contributed by atoms with Crippen molar-refractivity contribution in [3.8, 4) is 28.1 Å². The summed E-state index contributed by atoms with van der Waals surface area (Å²) >= 11 is 1.53. The van der Waals surface area contributed by atoms with Crippen molar-refractivity contribution >= 4 is 22.4 Å². The van der Waals surface area contributed by atoms with Gasteiger partial charge in [-0.15, -0.1) is 11.3 Å². The smallest absolute Gasteiger partial charge is 0.416 e. The highest BCUT2D eigenvalue weighted by Gasteiger charge is 2.30. The number of benzene rings is 3. The van der Waals surface area contributed by atoms with E-state index in [0.717, 1.165) is 39.6 Å². The molecule has 5 rings (SSSR count). The van der Waals surface area contributed by atoms with Crippen LogP contribution in [-0.4, -0.2) is 29.1 Å². The fourth-order valence-corrected chi connectivity index (χ4v) is 5.34. The number of para-hydroxylation sites is 1. The van der Waals surface area contributed by atoms with E-state index in [9.17, 15) is 23.1 Å². The van der Waals surface area contributed by atoms with Crippen molar-refractivity contribution in [1.29, 1.82) is 0 Å². The molecule has 0 radical (unpaired) electrons. The molecule has 0 saturated carbocycles. The highest BCUT2D eigenvalue weighted by atomic mass is 32.1. The van der Waals surface area contributed by atoms with E-state index in [1.54, 1.807) is 0 Å². The van der Waals surface area contributed by atoms with Crippen LogP contribution >= 0.6 is 11.3 Å². The molecule has 9 heteroatoms. The Morgan fingerprint density at radius 3 is 2.24 bits per heavy atom. The van der Waals surface area contributed by atoms with Crippen LogP contribution in [0.15, 0.2) is 78.2 Å². The number of aliphatic carboxylic acids is 1. The topological polar surface area (TPSA) is 62.7 Å². The van der Waals surface area contributed by atoms with Gasteiger partial charge in [-0.3, -0.25) is 4.79 Å². The third-order valence-corrected chi connectivity index (χ3v) is 7.57. The molecule has 0 atom stereocenters. The maximum absolute atomic E-state index is 12.8. The van der Waals surface area contributed by atoms with Gasteiger partial charge in [0.1, 0.15) is 12.4 Å². The lowest BCUT2D eigenvalue weighted by Gasteiger charge is -2.29. The summed E-state index contributed by atoms with van der Waals surface area (Å²) in [5.74, 6) is -0.325. The van der Waals surface area contributed by atoms with Crippen LogP contribution in [0.25, 0.3) is 22.4 Å². The molecule has 2 heterocycles. The number of piperidine rings is 1. The Kier molecular flexibility index (Phi) is 7.37. The summed E-state index contributed by atoms with van der Waals surface area (Å²) < 4.78 is 44.6. The molecule has 0 bridgehead atoms. The monoisotopic (exact) mass is 538 g/mol. The minimum atomic E-state index is -4.35. The van der Waals surface area contributed by atoms with Crippen molar-refractivity contribution in [2.75, 3.05) is 18.0 Å². The number of carboxylic acids is 1. The van der Waals surface area contributed by atoms with E-state index in [1.165, 1.54) is 23.5 Å². The van der Waals surface area contributed by atoms with E-state index in [4.69, 9.17) is 9.72 Å². The Morgan fingerprint density at radius 1 is 0.974 bits per heavy atom. The fourth-order valence-electron chi connectivity index (χ4n) is 4.46. The molecule has 196 valence electrons. The maximum atomic E-state index is 12.8. The van der Waals surface area contributed by atoms with E-state index < -0.39 is 17.7 Å². The van der Waals surface area contributed by atoms with Gasteiger partial charge in [-0.1, -0.05) is 48.5 Å². The van der Waals surface area contributed by atoms with E-state index in [2.05, 4.69) is 4.90 Å². The highest BCUT2D eigenvalue weighted by Crippen LogP contribution is 2.35. The second-order valence-electron chi connectivity index (χ2n) is 9.17. The van der Waals surface area contributed by atoms with E-state index in [-0.39, 0.29) is 5.92 Å². The first kappa shape index (κ1) is 25.8. The second-order valence-corrected chi connectivity index (χ2v) is 10.0. The molecule has 1 saturated heterocycles. The largest absolute Gasteiger partial charge is 0.488 e. The van der Waals surface area contributed by atoms with Gasteiger partial charge in [0.2, 0.25) is 0 Å². The summed E-state index contributed by atoms with van der Waals surface area (Å²) in [6.07, 6.45) is -3.13. The summed E-state index contributed by atoms with van der Waals surface area (Å²) in [6.45, 7) is 1.67. The highest BCUT2D eigenvalue weighted by molar-refractivity contribution is 7.14. The third kappa shape index (κ3) is 5.83. The molecule has 4 aromatic rings. The van der Waals surface area contributed by atoms with Crippen molar-refractivity contribution in [3.63, 3.8) is 0 Å². The number of nitrogens with zero attached hydrogens (tertiary/aromatic N) is 2. The fraction of sp³-hybridized carbons (Fsp3) is 0.241. The summed E-state index contributed by atoms with van der Waals surface area (Å²) in [6, 6.07) is 20.3. The number of hydrogen-bond donors (Lipinski definition) is 1. The number of alkyl halides is 3. The quantitative estimate of drug-likeness (QED) is 0.266. The number of aromatic nitrogens is 1. The van der Waals surface area contributed by atoms with Crippen LogP contribution in [0.2, 0.25) is 0 Å². The van der Waals surface area contributed by atoms with Crippen LogP contribution < -0.4 is 9.64 Å². The average Bonchev–Trinajstić information content (AvgIpc) is 3.42. The van der Waals surface area contributed by atoms with Gasteiger partial charge < -0.3 is 14.7 Å². The normalized spacial score (nSPS) is 14.4. The van der Waals surface area contributed by atoms with Gasteiger partial charge >= 0.3 is 12.1 Å². The van der Waals surface area contributed by atoms with Gasteiger partial charge in [0.05, 0.1) is 17.2 Å². The zero-order chi connectivity index (χ0) is 26.7. The van der Waals surface area contributed by atoms with E-state index >= 15 is 0 Å². The molecule has 1 aliphatic rings. The SMILES string of the molecule is O=C(O)C1CCN(c2nc(-c3ccccc3OCc3ccc(-c4ccc(C(F)(F)F)cc4)cc3)cs2)CC1.